The minimum Gasteiger partial charge on any atom is -0.481 e. The van der Waals surface area contributed by atoms with Gasteiger partial charge in [0.15, 0.2) is 6.04 Å². The van der Waals surface area contributed by atoms with Crippen molar-refractivity contribution in [3.63, 3.8) is 0 Å². The summed E-state index contributed by atoms with van der Waals surface area (Å²) < 4.78 is 5.03. The first kappa shape index (κ1) is 15.8. The molecule has 20 heavy (non-hydrogen) atoms. The number of nitrogens with one attached hydrogen (secondary N) is 1. The Bertz CT molecular complexity index is 510. The molecule has 5 nitrogen and oxygen atoms in total. The van der Waals surface area contributed by atoms with Crippen molar-refractivity contribution in [3.8, 4) is 0 Å². The summed E-state index contributed by atoms with van der Waals surface area (Å²) >= 11 is 0. The lowest BCUT2D eigenvalue weighted by molar-refractivity contribution is -0.145. The Morgan fingerprint density at radius 2 is 2.05 bits per heavy atom. The Morgan fingerprint density at radius 3 is 2.60 bits per heavy atom. The van der Waals surface area contributed by atoms with Crippen molar-refractivity contribution in [1.82, 2.24) is 5.32 Å². The maximum absolute atomic E-state index is 12.0. The lowest BCUT2D eigenvalue weighted by atomic mass is 9.98. The van der Waals surface area contributed by atoms with Crippen LogP contribution in [-0.2, 0) is 20.7 Å². The van der Waals surface area contributed by atoms with Gasteiger partial charge in [0.05, 0.1) is 13.0 Å². The first-order valence-electron chi connectivity index (χ1n) is 6.34. The molecule has 0 spiro atoms. The number of esters is 1. The average molecular weight is 277 g/mol. The summed E-state index contributed by atoms with van der Waals surface area (Å²) in [6.07, 6.45) is -0.149. The van der Waals surface area contributed by atoms with Crippen molar-refractivity contribution >= 4 is 11.9 Å². The fraction of sp³-hybridized carbons (Fsp3) is 0.333. The Kier molecular flexibility index (Phi) is 5.77. The Labute approximate surface area is 118 Å². The van der Waals surface area contributed by atoms with Gasteiger partial charge in [-0.2, -0.15) is 0 Å². The van der Waals surface area contributed by atoms with Crippen LogP contribution < -0.4 is 5.32 Å². The molecule has 0 aromatic heterocycles. The Morgan fingerprint density at radius 1 is 1.40 bits per heavy atom. The molecule has 108 valence electrons. The normalized spacial score (nSPS) is 11.5. The number of allylic oxidation sites excluding steroid dienone is 1. The molecule has 0 bridgehead atoms. The second-order valence-corrected chi connectivity index (χ2v) is 4.38. The van der Waals surface area contributed by atoms with Crippen LogP contribution in [0.15, 0.2) is 36.5 Å². The van der Waals surface area contributed by atoms with Crippen molar-refractivity contribution < 1.29 is 19.4 Å². The highest BCUT2D eigenvalue weighted by atomic mass is 16.5. The van der Waals surface area contributed by atoms with E-state index in [9.17, 15) is 9.59 Å². The second kappa shape index (κ2) is 7.33. The van der Waals surface area contributed by atoms with E-state index in [-0.39, 0.29) is 13.0 Å². The number of aliphatic carboxylic acids is 1. The van der Waals surface area contributed by atoms with E-state index in [0.29, 0.717) is 16.8 Å². The van der Waals surface area contributed by atoms with E-state index in [0.717, 1.165) is 0 Å². The predicted molar refractivity (Wildman–Crippen MR) is 75.1 cm³/mol. The van der Waals surface area contributed by atoms with Crippen LogP contribution in [0.3, 0.4) is 0 Å². The summed E-state index contributed by atoms with van der Waals surface area (Å²) in [5, 5.41) is 11.9. The molecule has 0 aliphatic rings. The summed E-state index contributed by atoms with van der Waals surface area (Å²) in [6.45, 7) is 7.43. The second-order valence-electron chi connectivity index (χ2n) is 4.38. The molecule has 1 rings (SSSR count). The molecular weight excluding hydrogens is 258 g/mol. The molecule has 0 radical (unpaired) electrons. The molecule has 1 aromatic carbocycles. The van der Waals surface area contributed by atoms with Crippen molar-refractivity contribution in [1.29, 1.82) is 0 Å². The van der Waals surface area contributed by atoms with Gasteiger partial charge in [-0.25, -0.2) is 4.79 Å². The Balaban J connectivity index is 3.15. The molecule has 0 heterocycles. The largest absolute Gasteiger partial charge is 0.481 e. The topological polar surface area (TPSA) is 75.6 Å². The molecule has 1 unspecified atom stereocenters. The average Bonchev–Trinajstić information content (AvgIpc) is 2.36. The molecule has 0 aliphatic heterocycles. The van der Waals surface area contributed by atoms with Crippen molar-refractivity contribution in [2.45, 2.75) is 26.3 Å². The number of carboxylic acid groups (broad SMARTS) is 1. The third-order valence-electron chi connectivity index (χ3n) is 2.62. The predicted octanol–water partition coefficient (Wildman–Crippen LogP) is 2.04. The van der Waals surface area contributed by atoms with Crippen LogP contribution in [-0.4, -0.2) is 23.7 Å². The third kappa shape index (κ3) is 4.42. The molecule has 0 saturated heterocycles. The maximum Gasteiger partial charge on any atom is 0.333 e. The number of carbonyl (C=O) groups is 2. The summed E-state index contributed by atoms with van der Waals surface area (Å²) in [5.74, 6) is -1.40. The van der Waals surface area contributed by atoms with E-state index in [1.165, 1.54) is 0 Å². The molecular formula is C15H19NO4. The van der Waals surface area contributed by atoms with Gasteiger partial charge in [0.25, 0.3) is 0 Å². The number of carboxylic acids is 1. The van der Waals surface area contributed by atoms with Gasteiger partial charge in [-0.15, -0.1) is 0 Å². The third-order valence-corrected chi connectivity index (χ3v) is 2.62. The zero-order valence-electron chi connectivity index (χ0n) is 11.7. The highest BCUT2D eigenvalue weighted by Gasteiger charge is 2.24. The zero-order valence-corrected chi connectivity index (χ0v) is 11.7. The van der Waals surface area contributed by atoms with Crippen molar-refractivity contribution in [2.75, 3.05) is 6.61 Å². The van der Waals surface area contributed by atoms with Crippen LogP contribution >= 0.6 is 0 Å². The molecule has 0 fully saturated rings. The maximum atomic E-state index is 12.0. The van der Waals surface area contributed by atoms with E-state index in [4.69, 9.17) is 9.84 Å². The minimum atomic E-state index is -0.949. The van der Waals surface area contributed by atoms with Crippen LogP contribution in [0.25, 0.3) is 0 Å². The summed E-state index contributed by atoms with van der Waals surface area (Å²) in [6, 6.07) is 6.16. The summed E-state index contributed by atoms with van der Waals surface area (Å²) in [5.41, 5.74) is 1.77. The first-order valence-corrected chi connectivity index (χ1v) is 6.34. The number of ether oxygens (including phenoxy) is 1. The van der Waals surface area contributed by atoms with Gasteiger partial charge in [0.2, 0.25) is 0 Å². The lowest BCUT2D eigenvalue weighted by Crippen LogP contribution is -2.30. The first-order chi connectivity index (χ1) is 9.45. The molecule has 0 amide bonds. The summed E-state index contributed by atoms with van der Waals surface area (Å²) in [4.78, 5) is 23.0. The highest BCUT2D eigenvalue weighted by molar-refractivity contribution is 5.79. The van der Waals surface area contributed by atoms with E-state index in [1.807, 2.05) is 0 Å². The number of rotatable bonds is 7. The monoisotopic (exact) mass is 277 g/mol. The van der Waals surface area contributed by atoms with Gasteiger partial charge in [0.1, 0.15) is 0 Å². The van der Waals surface area contributed by atoms with Gasteiger partial charge >= 0.3 is 11.9 Å². The van der Waals surface area contributed by atoms with Gasteiger partial charge in [-0.3, -0.25) is 4.79 Å². The highest BCUT2D eigenvalue weighted by Crippen LogP contribution is 2.21. The SMILES string of the molecule is C=C(C)NC(C(=O)OCC)c1ccccc1CC(=O)O. The number of hydrogen-bond donors (Lipinski definition) is 2. The molecule has 1 aromatic rings. The molecule has 0 aliphatic carbocycles. The molecule has 2 N–H and O–H groups in total. The van der Waals surface area contributed by atoms with Crippen LogP contribution in [0.2, 0.25) is 0 Å². The van der Waals surface area contributed by atoms with Crippen LogP contribution in [0, 0.1) is 0 Å². The van der Waals surface area contributed by atoms with E-state index in [1.54, 1.807) is 38.1 Å². The van der Waals surface area contributed by atoms with Gasteiger partial charge in [0, 0.05) is 5.70 Å². The van der Waals surface area contributed by atoms with Gasteiger partial charge < -0.3 is 15.2 Å². The zero-order chi connectivity index (χ0) is 15.1. The Hall–Kier alpha value is -2.30. The molecule has 1 atom stereocenters. The molecule has 0 saturated carbocycles. The fourth-order valence-corrected chi connectivity index (χ4v) is 1.88. The van der Waals surface area contributed by atoms with E-state index >= 15 is 0 Å². The van der Waals surface area contributed by atoms with Crippen molar-refractivity contribution in [3.05, 3.63) is 47.7 Å². The van der Waals surface area contributed by atoms with E-state index < -0.39 is 18.0 Å². The quantitative estimate of drug-likeness (QED) is 0.746. The van der Waals surface area contributed by atoms with Crippen LogP contribution in [0.5, 0.6) is 0 Å². The van der Waals surface area contributed by atoms with Gasteiger partial charge in [-0.1, -0.05) is 30.8 Å². The number of carbonyl (C=O) groups excluding carboxylic acids is 1. The standard InChI is InChI=1S/C15H19NO4/c1-4-20-15(19)14(16-10(2)3)12-8-6-5-7-11(12)9-13(17)18/h5-8,14,16H,2,4,9H2,1,3H3,(H,17,18). The smallest absolute Gasteiger partial charge is 0.333 e. The number of benzene rings is 1. The van der Waals surface area contributed by atoms with Gasteiger partial charge in [-0.05, 0) is 25.0 Å². The number of hydrogen-bond acceptors (Lipinski definition) is 4. The van der Waals surface area contributed by atoms with Crippen molar-refractivity contribution in [2.24, 2.45) is 0 Å². The summed E-state index contributed by atoms with van der Waals surface area (Å²) in [7, 11) is 0. The minimum absolute atomic E-state index is 0.149. The molecule has 5 heteroatoms. The lowest BCUT2D eigenvalue weighted by Gasteiger charge is -2.21. The van der Waals surface area contributed by atoms with E-state index in [2.05, 4.69) is 11.9 Å². The fourth-order valence-electron chi connectivity index (χ4n) is 1.88. The van der Waals surface area contributed by atoms with Crippen LogP contribution in [0.1, 0.15) is 31.0 Å². The van der Waals surface area contributed by atoms with Crippen LogP contribution in [0.4, 0.5) is 0 Å².